The van der Waals surface area contributed by atoms with Gasteiger partial charge in [-0.05, 0) is 61.4 Å². The van der Waals surface area contributed by atoms with Crippen LogP contribution >= 0.6 is 0 Å². The average molecular weight is 382 g/mol. The van der Waals surface area contributed by atoms with E-state index in [4.69, 9.17) is 4.74 Å². The Hall–Kier alpha value is -3.48. The van der Waals surface area contributed by atoms with Crippen LogP contribution in [0, 0.1) is 11.6 Å². The Kier molecular flexibility index (Phi) is 4.43. The Morgan fingerprint density at radius 1 is 1.04 bits per heavy atom. The third-order valence-corrected chi connectivity index (χ3v) is 4.65. The van der Waals surface area contributed by atoms with Gasteiger partial charge in [-0.2, -0.15) is 0 Å². The molecule has 1 unspecified atom stereocenters. The Morgan fingerprint density at radius 2 is 1.75 bits per heavy atom. The lowest BCUT2D eigenvalue weighted by Gasteiger charge is -2.08. The fourth-order valence-electron chi connectivity index (χ4n) is 3.28. The van der Waals surface area contributed by atoms with E-state index in [0.29, 0.717) is 17.6 Å². The maximum absolute atomic E-state index is 13.6. The second-order valence-corrected chi connectivity index (χ2v) is 6.68. The number of hydrogen-bond acceptors (Lipinski definition) is 4. The molecule has 2 N–H and O–H groups in total. The van der Waals surface area contributed by atoms with Crippen LogP contribution in [0.4, 0.5) is 8.78 Å². The van der Waals surface area contributed by atoms with Crippen molar-refractivity contribution in [2.24, 2.45) is 0 Å². The maximum atomic E-state index is 13.6. The number of aromatic nitrogens is 1. The predicted octanol–water partition coefficient (Wildman–Crippen LogP) is 3.70. The Balaban J connectivity index is 1.69. The molecule has 0 saturated carbocycles. The largest absolute Gasteiger partial charge is 0.387 e. The summed E-state index contributed by atoms with van der Waals surface area (Å²) in [6.07, 6.45) is 2.09. The number of carbonyl (C=O) groups is 2. The maximum Gasteiger partial charge on any atom is 0.349 e. The van der Waals surface area contributed by atoms with E-state index in [1.807, 2.05) is 6.92 Å². The summed E-state index contributed by atoms with van der Waals surface area (Å²) in [5, 5.41) is 3.89. The summed E-state index contributed by atoms with van der Waals surface area (Å²) in [5.74, 6) is -2.63. The van der Waals surface area contributed by atoms with Gasteiger partial charge in [0.05, 0.1) is 16.8 Å². The van der Waals surface area contributed by atoms with E-state index in [1.165, 1.54) is 30.5 Å². The van der Waals surface area contributed by atoms with E-state index in [2.05, 4.69) is 10.3 Å². The standard InChI is InChI=1S/C21H16F2N2O3/c1-11-8-16-15-7-6-14(23)9-18(15)25-19(16)17(10-24-11)21(27)28-20(26)12-2-4-13(22)5-3-12/h2-7,9-11,24-25H,8H2,1H3. The van der Waals surface area contributed by atoms with E-state index >= 15 is 0 Å². The number of ether oxygens (including phenoxy) is 1. The van der Waals surface area contributed by atoms with Gasteiger partial charge in [0, 0.05) is 23.1 Å². The number of carbonyl (C=O) groups excluding carboxylic acids is 2. The lowest BCUT2D eigenvalue weighted by Crippen LogP contribution is -2.22. The Bertz CT molecular complexity index is 1120. The van der Waals surface area contributed by atoms with Crippen molar-refractivity contribution in [1.82, 2.24) is 10.3 Å². The molecule has 3 aromatic rings. The van der Waals surface area contributed by atoms with Gasteiger partial charge in [-0.15, -0.1) is 0 Å². The first-order valence-corrected chi connectivity index (χ1v) is 8.71. The highest BCUT2D eigenvalue weighted by Crippen LogP contribution is 2.31. The van der Waals surface area contributed by atoms with Crippen molar-refractivity contribution in [3.63, 3.8) is 0 Å². The molecule has 2 aromatic carbocycles. The Labute approximate surface area is 159 Å². The average Bonchev–Trinajstić information content (AvgIpc) is 2.90. The third kappa shape index (κ3) is 3.26. The van der Waals surface area contributed by atoms with Crippen LogP contribution in [0.25, 0.3) is 16.5 Å². The molecule has 142 valence electrons. The molecule has 28 heavy (non-hydrogen) atoms. The first kappa shape index (κ1) is 17.9. The Morgan fingerprint density at radius 3 is 2.50 bits per heavy atom. The van der Waals surface area contributed by atoms with E-state index in [9.17, 15) is 18.4 Å². The van der Waals surface area contributed by atoms with Crippen LogP contribution in [0.2, 0.25) is 0 Å². The van der Waals surface area contributed by atoms with Crippen molar-refractivity contribution in [2.75, 3.05) is 0 Å². The summed E-state index contributed by atoms with van der Waals surface area (Å²) in [4.78, 5) is 28.0. The number of nitrogens with one attached hydrogen (secondary N) is 2. The minimum atomic E-state index is -0.882. The van der Waals surface area contributed by atoms with Gasteiger partial charge in [0.25, 0.3) is 0 Å². The number of halogens is 2. The molecule has 1 atom stereocenters. The normalized spacial score (nSPS) is 16.0. The number of esters is 2. The zero-order valence-corrected chi connectivity index (χ0v) is 14.9. The van der Waals surface area contributed by atoms with Gasteiger partial charge in [0.15, 0.2) is 0 Å². The molecule has 1 aliphatic heterocycles. The third-order valence-electron chi connectivity index (χ3n) is 4.65. The highest BCUT2D eigenvalue weighted by molar-refractivity contribution is 6.21. The summed E-state index contributed by atoms with van der Waals surface area (Å²) in [7, 11) is 0. The molecule has 1 aliphatic rings. The molecular weight excluding hydrogens is 366 g/mol. The highest BCUT2D eigenvalue weighted by atomic mass is 19.1. The number of benzene rings is 2. The second kappa shape index (κ2) is 6.92. The topological polar surface area (TPSA) is 71.2 Å². The first-order chi connectivity index (χ1) is 13.4. The summed E-state index contributed by atoms with van der Waals surface area (Å²) in [6, 6.07) is 9.09. The molecule has 0 amide bonds. The van der Waals surface area contributed by atoms with Crippen molar-refractivity contribution in [2.45, 2.75) is 19.4 Å². The molecule has 5 nitrogen and oxygen atoms in total. The summed E-state index contributed by atoms with van der Waals surface area (Å²) in [5.41, 5.74) is 2.07. The zero-order chi connectivity index (χ0) is 19.8. The van der Waals surface area contributed by atoms with Crippen LogP contribution in [-0.4, -0.2) is 23.0 Å². The van der Waals surface area contributed by atoms with Gasteiger partial charge in [-0.1, -0.05) is 0 Å². The number of rotatable bonds is 2. The number of aromatic amines is 1. The highest BCUT2D eigenvalue weighted by Gasteiger charge is 2.27. The van der Waals surface area contributed by atoms with Gasteiger partial charge in [0.2, 0.25) is 0 Å². The first-order valence-electron chi connectivity index (χ1n) is 8.71. The predicted molar refractivity (Wildman–Crippen MR) is 99.4 cm³/mol. The van der Waals surface area contributed by atoms with Crippen molar-refractivity contribution >= 4 is 28.4 Å². The molecule has 0 fully saturated rings. The number of H-pyrrole nitrogens is 1. The summed E-state index contributed by atoms with van der Waals surface area (Å²) in [6.45, 7) is 1.95. The smallest absolute Gasteiger partial charge is 0.349 e. The van der Waals surface area contributed by atoms with Gasteiger partial charge < -0.3 is 15.0 Å². The SMILES string of the molecule is CC1Cc2c([nH]c3cc(F)ccc23)C(C(=O)OC(=O)c2ccc(F)cc2)=CN1. The van der Waals surface area contributed by atoms with Crippen molar-refractivity contribution < 1.29 is 23.1 Å². The minimum absolute atomic E-state index is 0.0147. The molecular formula is C21H16F2N2O3. The summed E-state index contributed by atoms with van der Waals surface area (Å²) < 4.78 is 31.6. The fourth-order valence-corrected chi connectivity index (χ4v) is 3.28. The van der Waals surface area contributed by atoms with Gasteiger partial charge in [0.1, 0.15) is 11.6 Å². The van der Waals surface area contributed by atoms with Crippen molar-refractivity contribution in [3.05, 3.63) is 77.1 Å². The quantitative estimate of drug-likeness (QED) is 0.524. The zero-order valence-electron chi connectivity index (χ0n) is 14.9. The summed E-state index contributed by atoms with van der Waals surface area (Å²) >= 11 is 0. The molecule has 0 saturated heterocycles. The van der Waals surface area contributed by atoms with Crippen LogP contribution < -0.4 is 5.32 Å². The van der Waals surface area contributed by atoms with Crippen LogP contribution in [0.15, 0.2) is 48.7 Å². The van der Waals surface area contributed by atoms with Crippen molar-refractivity contribution in [3.8, 4) is 0 Å². The fraction of sp³-hybridized carbons (Fsp3) is 0.143. The second-order valence-electron chi connectivity index (χ2n) is 6.68. The van der Waals surface area contributed by atoms with E-state index in [-0.39, 0.29) is 17.2 Å². The van der Waals surface area contributed by atoms with Crippen LogP contribution in [0.5, 0.6) is 0 Å². The monoisotopic (exact) mass is 382 g/mol. The molecule has 0 radical (unpaired) electrons. The van der Waals surface area contributed by atoms with E-state index in [1.54, 1.807) is 6.07 Å². The molecule has 7 heteroatoms. The van der Waals surface area contributed by atoms with Crippen LogP contribution in [0.3, 0.4) is 0 Å². The molecule has 0 spiro atoms. The van der Waals surface area contributed by atoms with Crippen molar-refractivity contribution in [1.29, 1.82) is 0 Å². The molecule has 1 aromatic heterocycles. The van der Waals surface area contributed by atoms with Gasteiger partial charge in [-0.25, -0.2) is 18.4 Å². The van der Waals surface area contributed by atoms with Crippen LogP contribution in [-0.2, 0) is 16.0 Å². The molecule has 4 rings (SSSR count). The number of fused-ring (bicyclic) bond motifs is 3. The lowest BCUT2D eigenvalue weighted by atomic mass is 10.0. The number of hydrogen-bond donors (Lipinski definition) is 2. The lowest BCUT2D eigenvalue weighted by molar-refractivity contribution is -0.131. The van der Waals surface area contributed by atoms with Gasteiger partial charge >= 0.3 is 11.9 Å². The molecule has 0 bridgehead atoms. The van der Waals surface area contributed by atoms with Crippen LogP contribution in [0.1, 0.15) is 28.5 Å². The van der Waals surface area contributed by atoms with Gasteiger partial charge in [-0.3, -0.25) is 0 Å². The van der Waals surface area contributed by atoms with E-state index in [0.717, 1.165) is 23.1 Å². The van der Waals surface area contributed by atoms with E-state index < -0.39 is 23.6 Å². The minimum Gasteiger partial charge on any atom is -0.387 e. The molecule has 2 heterocycles. The molecule has 0 aliphatic carbocycles.